The molecular formula is C22H20FN5O4S. The van der Waals surface area contributed by atoms with Gasteiger partial charge in [0.05, 0.1) is 17.0 Å². The number of aromatic nitrogens is 2. The summed E-state index contributed by atoms with van der Waals surface area (Å²) in [6.07, 6.45) is 0.0296. The van der Waals surface area contributed by atoms with Crippen molar-refractivity contribution >= 4 is 35.1 Å². The third-order valence-corrected chi connectivity index (χ3v) is 6.06. The van der Waals surface area contributed by atoms with E-state index in [9.17, 15) is 24.1 Å². The number of fused-ring (bicyclic) bond motifs is 1. The smallest absolute Gasteiger partial charge is 0.269 e. The summed E-state index contributed by atoms with van der Waals surface area (Å²) in [7, 11) is 0. The number of benzene rings is 2. The summed E-state index contributed by atoms with van der Waals surface area (Å²) in [5.74, 6) is 0.919. The molecule has 3 aromatic rings. The Bertz CT molecular complexity index is 1190. The van der Waals surface area contributed by atoms with E-state index in [1.54, 1.807) is 23.9 Å². The molecule has 0 spiro atoms. The Morgan fingerprint density at radius 2 is 1.76 bits per heavy atom. The zero-order valence-electron chi connectivity index (χ0n) is 17.4. The first-order chi connectivity index (χ1) is 15.9. The van der Waals surface area contributed by atoms with E-state index in [1.165, 1.54) is 41.1 Å². The molecule has 9 nitrogen and oxygen atoms in total. The number of carbonyl (C=O) groups excluding carboxylic acids is 2. The van der Waals surface area contributed by atoms with Gasteiger partial charge in [0.2, 0.25) is 11.8 Å². The second-order valence-electron chi connectivity index (χ2n) is 7.48. The number of halogens is 1. The SMILES string of the molecule is O=C(Cn1nc2c(c1NC(=O)Cc1ccc([N+](=O)[O-])cc1)CSC2)NCc1ccc(F)cc1. The number of hydrogen-bond acceptors (Lipinski definition) is 6. The molecule has 4 rings (SSSR count). The predicted molar refractivity (Wildman–Crippen MR) is 121 cm³/mol. The summed E-state index contributed by atoms with van der Waals surface area (Å²) < 4.78 is 14.5. The first-order valence-corrected chi connectivity index (χ1v) is 11.2. The van der Waals surface area contributed by atoms with E-state index < -0.39 is 4.92 Å². The topological polar surface area (TPSA) is 119 Å². The fraction of sp³-hybridized carbons (Fsp3) is 0.227. The van der Waals surface area contributed by atoms with Crippen LogP contribution in [0.25, 0.3) is 0 Å². The van der Waals surface area contributed by atoms with Crippen molar-refractivity contribution < 1.29 is 18.9 Å². The van der Waals surface area contributed by atoms with Gasteiger partial charge in [0, 0.05) is 35.7 Å². The van der Waals surface area contributed by atoms with Gasteiger partial charge in [-0.3, -0.25) is 19.7 Å². The number of nitro benzene ring substituents is 1. The maximum atomic E-state index is 13.0. The third kappa shape index (κ3) is 5.55. The average Bonchev–Trinajstić information content (AvgIpc) is 3.36. The van der Waals surface area contributed by atoms with Gasteiger partial charge >= 0.3 is 0 Å². The van der Waals surface area contributed by atoms with E-state index >= 15 is 0 Å². The Kier molecular flexibility index (Phi) is 6.68. The summed E-state index contributed by atoms with van der Waals surface area (Å²) in [6, 6.07) is 11.6. The third-order valence-electron chi connectivity index (χ3n) is 5.08. The number of hydrogen-bond donors (Lipinski definition) is 2. The van der Waals surface area contributed by atoms with Crippen LogP contribution in [0.2, 0.25) is 0 Å². The number of nitrogens with one attached hydrogen (secondary N) is 2. The molecule has 0 radical (unpaired) electrons. The molecule has 0 unspecified atom stereocenters. The Hall–Kier alpha value is -3.73. The van der Waals surface area contributed by atoms with Crippen LogP contribution in [0.3, 0.4) is 0 Å². The van der Waals surface area contributed by atoms with Crippen LogP contribution < -0.4 is 10.6 Å². The average molecular weight is 469 g/mol. The maximum Gasteiger partial charge on any atom is 0.269 e. The molecule has 1 aliphatic rings. The quantitative estimate of drug-likeness (QED) is 0.386. The second kappa shape index (κ2) is 9.82. The number of anilines is 1. The summed E-state index contributed by atoms with van der Waals surface area (Å²) in [5, 5.41) is 20.9. The number of non-ortho nitro benzene ring substituents is 1. The highest BCUT2D eigenvalue weighted by Gasteiger charge is 2.25. The van der Waals surface area contributed by atoms with Gasteiger partial charge in [-0.25, -0.2) is 9.07 Å². The lowest BCUT2D eigenvalue weighted by Gasteiger charge is -2.11. The van der Waals surface area contributed by atoms with Crippen molar-refractivity contribution in [3.8, 4) is 0 Å². The molecule has 2 aromatic carbocycles. The van der Waals surface area contributed by atoms with Crippen molar-refractivity contribution in [2.45, 2.75) is 31.0 Å². The highest BCUT2D eigenvalue weighted by molar-refractivity contribution is 7.98. The van der Waals surface area contributed by atoms with Gasteiger partial charge in [0.15, 0.2) is 0 Å². The van der Waals surface area contributed by atoms with Crippen LogP contribution in [-0.2, 0) is 40.6 Å². The Morgan fingerprint density at radius 3 is 2.45 bits per heavy atom. The van der Waals surface area contributed by atoms with Crippen molar-refractivity contribution in [1.29, 1.82) is 0 Å². The summed E-state index contributed by atoms with van der Waals surface area (Å²) in [6.45, 7) is 0.170. The molecule has 0 bridgehead atoms. The zero-order valence-corrected chi connectivity index (χ0v) is 18.2. The zero-order chi connectivity index (χ0) is 23.4. The molecule has 33 heavy (non-hydrogen) atoms. The molecule has 0 saturated carbocycles. The number of rotatable bonds is 8. The minimum atomic E-state index is -0.496. The number of nitro groups is 1. The number of nitrogens with zero attached hydrogens (tertiary/aromatic N) is 3. The lowest BCUT2D eigenvalue weighted by atomic mass is 10.1. The molecule has 2 N–H and O–H groups in total. The summed E-state index contributed by atoms with van der Waals surface area (Å²) >= 11 is 1.67. The number of carbonyl (C=O) groups is 2. The van der Waals surface area contributed by atoms with Gasteiger partial charge in [0.25, 0.3) is 5.69 Å². The molecule has 2 amide bonds. The van der Waals surface area contributed by atoms with Gasteiger partial charge in [-0.1, -0.05) is 24.3 Å². The van der Waals surface area contributed by atoms with Crippen LogP contribution in [0.5, 0.6) is 0 Å². The monoisotopic (exact) mass is 469 g/mol. The van der Waals surface area contributed by atoms with Crippen LogP contribution in [0.15, 0.2) is 48.5 Å². The van der Waals surface area contributed by atoms with E-state index in [-0.39, 0.29) is 42.8 Å². The van der Waals surface area contributed by atoms with E-state index in [4.69, 9.17) is 0 Å². The standard InChI is InChI=1S/C22H20FN5O4S/c23-16-5-1-15(2-6-16)10-24-21(30)11-27-22(18-12-33-13-19(18)26-27)25-20(29)9-14-3-7-17(8-4-14)28(31)32/h1-8H,9-13H2,(H,24,30)(H,25,29). The van der Waals surface area contributed by atoms with Crippen molar-refractivity contribution in [2.24, 2.45) is 0 Å². The normalized spacial score (nSPS) is 12.3. The van der Waals surface area contributed by atoms with E-state index in [0.717, 1.165) is 16.8 Å². The molecule has 0 atom stereocenters. The van der Waals surface area contributed by atoms with Gasteiger partial charge in [-0.05, 0) is 23.3 Å². The molecule has 0 fully saturated rings. The highest BCUT2D eigenvalue weighted by Crippen LogP contribution is 2.34. The van der Waals surface area contributed by atoms with E-state index in [2.05, 4.69) is 15.7 Å². The van der Waals surface area contributed by atoms with Crippen LogP contribution >= 0.6 is 11.8 Å². The predicted octanol–water partition coefficient (Wildman–Crippen LogP) is 3.17. The largest absolute Gasteiger partial charge is 0.350 e. The molecule has 2 heterocycles. The van der Waals surface area contributed by atoms with Gasteiger partial charge in [-0.2, -0.15) is 16.9 Å². The van der Waals surface area contributed by atoms with Crippen LogP contribution in [0, 0.1) is 15.9 Å². The molecule has 11 heteroatoms. The van der Waals surface area contributed by atoms with Gasteiger partial charge < -0.3 is 10.6 Å². The first-order valence-electron chi connectivity index (χ1n) is 10.1. The molecule has 170 valence electrons. The number of amides is 2. The lowest BCUT2D eigenvalue weighted by Crippen LogP contribution is -2.29. The maximum absolute atomic E-state index is 13.0. The highest BCUT2D eigenvalue weighted by atomic mass is 32.2. The van der Waals surface area contributed by atoms with Crippen LogP contribution in [-0.4, -0.2) is 26.5 Å². The van der Waals surface area contributed by atoms with Crippen molar-refractivity contribution in [3.63, 3.8) is 0 Å². The Morgan fingerprint density at radius 1 is 1.06 bits per heavy atom. The fourth-order valence-corrected chi connectivity index (χ4v) is 4.45. The van der Waals surface area contributed by atoms with Crippen LogP contribution in [0.1, 0.15) is 22.4 Å². The Labute approximate surface area is 192 Å². The summed E-state index contributed by atoms with van der Waals surface area (Å²) in [4.78, 5) is 35.4. The van der Waals surface area contributed by atoms with Gasteiger partial charge in [0.1, 0.15) is 18.2 Å². The van der Waals surface area contributed by atoms with Crippen molar-refractivity contribution in [1.82, 2.24) is 15.1 Å². The lowest BCUT2D eigenvalue weighted by molar-refractivity contribution is -0.384. The van der Waals surface area contributed by atoms with Crippen molar-refractivity contribution in [2.75, 3.05) is 5.32 Å². The minimum Gasteiger partial charge on any atom is -0.350 e. The van der Waals surface area contributed by atoms with Crippen LogP contribution in [0.4, 0.5) is 15.9 Å². The molecule has 0 aliphatic carbocycles. The van der Waals surface area contributed by atoms with Crippen molar-refractivity contribution in [3.05, 3.63) is 86.8 Å². The Balaban J connectivity index is 1.41. The molecular weight excluding hydrogens is 449 g/mol. The van der Waals surface area contributed by atoms with E-state index in [0.29, 0.717) is 22.9 Å². The van der Waals surface area contributed by atoms with Gasteiger partial charge in [-0.15, -0.1) is 0 Å². The molecule has 1 aromatic heterocycles. The second-order valence-corrected chi connectivity index (χ2v) is 8.46. The first kappa shape index (κ1) is 22.5. The number of thioether (sulfide) groups is 1. The van der Waals surface area contributed by atoms with E-state index in [1.807, 2.05) is 0 Å². The molecule has 1 aliphatic heterocycles. The minimum absolute atomic E-state index is 0.0296. The fourth-order valence-electron chi connectivity index (χ4n) is 3.41. The molecule has 0 saturated heterocycles. The summed E-state index contributed by atoms with van der Waals surface area (Å²) in [5.41, 5.74) is 3.08.